The van der Waals surface area contributed by atoms with E-state index in [-0.39, 0.29) is 19.0 Å². The minimum Gasteiger partial charge on any atom is -0.491 e. The maximum Gasteiger partial charge on any atom is 0.173 e. The van der Waals surface area contributed by atoms with Gasteiger partial charge in [0.2, 0.25) is 0 Å². The van der Waals surface area contributed by atoms with E-state index >= 15 is 0 Å². The van der Waals surface area contributed by atoms with Crippen LogP contribution in [0.5, 0.6) is 5.75 Å². The van der Waals surface area contributed by atoms with E-state index in [9.17, 15) is 4.79 Å². The molecule has 0 bridgehead atoms. The SMILES string of the molecule is O=C(CBr)c1cccc(OCCO)c1. The van der Waals surface area contributed by atoms with Crippen LogP contribution in [0.4, 0.5) is 0 Å². The molecule has 0 amide bonds. The number of halogens is 1. The molecule has 1 aromatic rings. The van der Waals surface area contributed by atoms with Crippen molar-refractivity contribution < 1.29 is 14.6 Å². The van der Waals surface area contributed by atoms with Gasteiger partial charge in [-0.25, -0.2) is 0 Å². The fraction of sp³-hybridized carbons (Fsp3) is 0.300. The summed E-state index contributed by atoms with van der Waals surface area (Å²) in [6.45, 7) is 0.211. The van der Waals surface area contributed by atoms with Gasteiger partial charge in [0.05, 0.1) is 11.9 Å². The first kappa shape index (κ1) is 11.2. The molecule has 14 heavy (non-hydrogen) atoms. The van der Waals surface area contributed by atoms with Crippen molar-refractivity contribution in [3.05, 3.63) is 29.8 Å². The van der Waals surface area contributed by atoms with Crippen molar-refractivity contribution in [1.29, 1.82) is 0 Å². The lowest BCUT2D eigenvalue weighted by Gasteiger charge is -2.04. The van der Waals surface area contributed by atoms with Gasteiger partial charge in [0.1, 0.15) is 12.4 Å². The van der Waals surface area contributed by atoms with Crippen LogP contribution in [0.2, 0.25) is 0 Å². The second kappa shape index (κ2) is 5.78. The summed E-state index contributed by atoms with van der Waals surface area (Å²) < 4.78 is 5.17. The zero-order chi connectivity index (χ0) is 10.4. The number of benzene rings is 1. The number of rotatable bonds is 5. The third kappa shape index (κ3) is 3.12. The smallest absolute Gasteiger partial charge is 0.173 e. The quantitative estimate of drug-likeness (QED) is 0.645. The molecule has 0 spiro atoms. The van der Waals surface area contributed by atoms with Crippen LogP contribution in [-0.4, -0.2) is 29.4 Å². The van der Waals surface area contributed by atoms with Gasteiger partial charge in [-0.2, -0.15) is 0 Å². The highest BCUT2D eigenvalue weighted by atomic mass is 79.9. The Morgan fingerprint density at radius 1 is 1.50 bits per heavy atom. The molecule has 1 rings (SSSR count). The van der Waals surface area contributed by atoms with Gasteiger partial charge in [0, 0.05) is 5.56 Å². The maximum absolute atomic E-state index is 11.3. The van der Waals surface area contributed by atoms with Gasteiger partial charge in [0.15, 0.2) is 5.78 Å². The number of hydrogen-bond acceptors (Lipinski definition) is 3. The number of aliphatic hydroxyl groups excluding tert-OH is 1. The molecule has 0 aliphatic rings. The molecule has 1 aromatic carbocycles. The molecule has 3 nitrogen and oxygen atoms in total. The predicted octanol–water partition coefficient (Wildman–Crippen LogP) is 1.64. The molecule has 76 valence electrons. The van der Waals surface area contributed by atoms with Crippen molar-refractivity contribution in [2.45, 2.75) is 0 Å². The van der Waals surface area contributed by atoms with Crippen molar-refractivity contribution in [1.82, 2.24) is 0 Å². The minimum absolute atomic E-state index is 0.0134. The number of carbonyl (C=O) groups excluding carboxylic acids is 1. The van der Waals surface area contributed by atoms with Gasteiger partial charge in [-0.1, -0.05) is 28.1 Å². The average molecular weight is 259 g/mol. The highest BCUT2D eigenvalue weighted by molar-refractivity contribution is 9.09. The van der Waals surface area contributed by atoms with E-state index < -0.39 is 0 Å². The summed E-state index contributed by atoms with van der Waals surface area (Å²) in [4.78, 5) is 11.3. The molecule has 0 radical (unpaired) electrons. The standard InChI is InChI=1S/C10H11BrO3/c11-7-10(13)8-2-1-3-9(6-8)14-5-4-12/h1-3,6,12H,4-5,7H2. The van der Waals surface area contributed by atoms with Crippen LogP contribution in [0.1, 0.15) is 10.4 Å². The van der Waals surface area contributed by atoms with Gasteiger partial charge < -0.3 is 9.84 Å². The first-order chi connectivity index (χ1) is 6.77. The molecular formula is C10H11BrO3. The van der Waals surface area contributed by atoms with Gasteiger partial charge >= 0.3 is 0 Å². The van der Waals surface area contributed by atoms with Crippen LogP contribution in [0.15, 0.2) is 24.3 Å². The van der Waals surface area contributed by atoms with Crippen molar-refractivity contribution >= 4 is 21.7 Å². The minimum atomic E-state index is -0.0311. The van der Waals surface area contributed by atoms with Crippen LogP contribution in [-0.2, 0) is 0 Å². The molecule has 0 unspecified atom stereocenters. The lowest BCUT2D eigenvalue weighted by molar-refractivity contribution is 0.102. The molecule has 0 atom stereocenters. The molecule has 0 saturated heterocycles. The molecule has 0 aliphatic heterocycles. The van der Waals surface area contributed by atoms with Crippen LogP contribution >= 0.6 is 15.9 Å². The number of ether oxygens (including phenoxy) is 1. The normalized spacial score (nSPS) is 9.86. The zero-order valence-corrected chi connectivity index (χ0v) is 9.16. The molecule has 0 fully saturated rings. The Morgan fingerprint density at radius 3 is 2.93 bits per heavy atom. The van der Waals surface area contributed by atoms with Gasteiger partial charge in [-0.3, -0.25) is 4.79 Å². The molecule has 0 aromatic heterocycles. The van der Waals surface area contributed by atoms with Gasteiger partial charge in [-0.15, -0.1) is 0 Å². The van der Waals surface area contributed by atoms with Gasteiger partial charge in [0.25, 0.3) is 0 Å². The van der Waals surface area contributed by atoms with Crippen molar-refractivity contribution in [2.75, 3.05) is 18.5 Å². The van der Waals surface area contributed by atoms with E-state index in [2.05, 4.69) is 15.9 Å². The topological polar surface area (TPSA) is 46.5 Å². The van der Waals surface area contributed by atoms with Crippen LogP contribution < -0.4 is 4.74 Å². The Morgan fingerprint density at radius 2 is 2.29 bits per heavy atom. The van der Waals surface area contributed by atoms with Gasteiger partial charge in [-0.05, 0) is 12.1 Å². The van der Waals surface area contributed by atoms with Crippen LogP contribution in [0.25, 0.3) is 0 Å². The number of hydrogen-bond donors (Lipinski definition) is 1. The summed E-state index contributed by atoms with van der Waals surface area (Å²) in [7, 11) is 0. The van der Waals surface area contributed by atoms with Crippen molar-refractivity contribution in [3.63, 3.8) is 0 Å². The summed E-state index contributed by atoms with van der Waals surface area (Å²) in [5, 5.41) is 8.85. The Hall–Kier alpha value is -0.870. The predicted molar refractivity (Wildman–Crippen MR) is 57.1 cm³/mol. The summed E-state index contributed by atoms with van der Waals surface area (Å²) in [6.07, 6.45) is 0. The van der Waals surface area contributed by atoms with Crippen LogP contribution in [0.3, 0.4) is 0 Å². The third-order valence-corrected chi connectivity index (χ3v) is 2.15. The van der Waals surface area contributed by atoms with E-state index in [1.54, 1.807) is 24.3 Å². The van der Waals surface area contributed by atoms with E-state index in [4.69, 9.17) is 9.84 Å². The average Bonchev–Trinajstić information content (AvgIpc) is 2.25. The number of carbonyl (C=O) groups is 1. The second-order valence-electron chi connectivity index (χ2n) is 2.66. The summed E-state index contributed by atoms with van der Waals surface area (Å²) in [5.74, 6) is 0.616. The summed E-state index contributed by atoms with van der Waals surface area (Å²) in [6, 6.07) is 6.90. The summed E-state index contributed by atoms with van der Waals surface area (Å²) >= 11 is 3.10. The first-order valence-corrected chi connectivity index (χ1v) is 5.33. The summed E-state index contributed by atoms with van der Waals surface area (Å²) in [5.41, 5.74) is 0.609. The van der Waals surface area contributed by atoms with E-state index in [1.807, 2.05) is 0 Å². The fourth-order valence-electron chi connectivity index (χ4n) is 1.000. The van der Waals surface area contributed by atoms with E-state index in [0.29, 0.717) is 16.6 Å². The Bertz CT molecular complexity index is 312. The highest BCUT2D eigenvalue weighted by Crippen LogP contribution is 2.14. The largest absolute Gasteiger partial charge is 0.491 e. The van der Waals surface area contributed by atoms with Crippen molar-refractivity contribution in [3.8, 4) is 5.75 Å². The molecule has 0 heterocycles. The number of aliphatic hydroxyl groups is 1. The molecule has 1 N–H and O–H groups in total. The lowest BCUT2D eigenvalue weighted by Crippen LogP contribution is -2.04. The number of ketones is 1. The number of alkyl halides is 1. The van der Waals surface area contributed by atoms with Crippen molar-refractivity contribution in [2.24, 2.45) is 0 Å². The molecule has 0 aliphatic carbocycles. The Kier molecular flexibility index (Phi) is 4.62. The van der Waals surface area contributed by atoms with E-state index in [1.165, 1.54) is 0 Å². The van der Waals surface area contributed by atoms with E-state index in [0.717, 1.165) is 0 Å². The zero-order valence-electron chi connectivity index (χ0n) is 7.57. The third-order valence-electron chi connectivity index (χ3n) is 1.64. The second-order valence-corrected chi connectivity index (χ2v) is 3.22. The molecule has 0 saturated carbocycles. The van der Waals surface area contributed by atoms with Crippen LogP contribution in [0, 0.1) is 0 Å². The maximum atomic E-state index is 11.3. The Labute approximate surface area is 90.8 Å². The monoisotopic (exact) mass is 258 g/mol. The number of Topliss-reactive ketones (excluding diaryl/α,β-unsaturated/α-hetero) is 1. The molecular weight excluding hydrogens is 248 g/mol. The lowest BCUT2D eigenvalue weighted by atomic mass is 10.1. The highest BCUT2D eigenvalue weighted by Gasteiger charge is 2.04. The Balaban J connectivity index is 2.73. The molecule has 4 heteroatoms. The first-order valence-electron chi connectivity index (χ1n) is 4.21. The fourth-order valence-corrected chi connectivity index (χ4v) is 1.32.